The molecule has 0 spiro atoms. The average molecular weight is 241 g/mol. The molecule has 0 heterocycles. The van der Waals surface area contributed by atoms with Gasteiger partial charge in [-0.2, -0.15) is 24.6 Å². The molecule has 0 aromatic heterocycles. The fourth-order valence-corrected chi connectivity index (χ4v) is 0.478. The molecule has 1 aromatic carbocycles. The predicted octanol–water partition coefficient (Wildman–Crippen LogP) is -1.81. The molecule has 4 heteroatoms. The first-order valence-corrected chi connectivity index (χ1v) is 2.76. The summed E-state index contributed by atoms with van der Waals surface area (Å²) in [5, 5.41) is 6.89. The average Bonchev–Trinajstić information content (AvgIpc) is 1.91. The smallest absolute Gasteiger partial charge is 1.00 e. The molecule has 0 bridgehead atoms. The van der Waals surface area contributed by atoms with Crippen LogP contribution in [0.25, 0.3) is 0 Å². The fourth-order valence-electron chi connectivity index (χ4n) is 0.478. The Morgan fingerprint density at radius 3 is 1.75 bits per heavy atom. The van der Waals surface area contributed by atoms with Gasteiger partial charge < -0.3 is 22.1 Å². The fraction of sp³-hybridized carbons (Fsp3) is 0. The van der Waals surface area contributed by atoms with Gasteiger partial charge in [-0.25, -0.2) is 0 Å². The zero-order valence-corrected chi connectivity index (χ0v) is 9.61. The van der Waals surface area contributed by atoms with Crippen LogP contribution >= 0.6 is 0 Å². The van der Waals surface area contributed by atoms with Crippen molar-refractivity contribution in [3.63, 3.8) is 0 Å². The number of benzene rings is 1. The van der Waals surface area contributed by atoms with Gasteiger partial charge in [0.15, 0.2) is 0 Å². The van der Waals surface area contributed by atoms with Gasteiger partial charge in [0.2, 0.25) is 0 Å². The van der Waals surface area contributed by atoms with E-state index >= 15 is 0 Å². The van der Waals surface area contributed by atoms with Crippen molar-refractivity contribution in [1.29, 1.82) is 0 Å². The Hall–Kier alpha value is -0.194. The van der Waals surface area contributed by atoms with Gasteiger partial charge in [-0.15, -0.1) is 12.1 Å². The Morgan fingerprint density at radius 2 is 1.58 bits per heavy atom. The normalized spacial score (nSPS) is 6.00. The van der Waals surface area contributed by atoms with Crippen molar-refractivity contribution in [2.75, 3.05) is 0 Å². The second kappa shape index (κ2) is 13.4. The van der Waals surface area contributed by atoms with Gasteiger partial charge in [-0.3, -0.25) is 4.79 Å². The molecule has 0 unspecified atom stereocenters. The predicted molar refractivity (Wildman–Crippen MR) is 45.3 cm³/mol. The van der Waals surface area contributed by atoms with Gasteiger partial charge >= 0.3 is 23.1 Å². The Bertz CT molecular complexity index is 180. The van der Waals surface area contributed by atoms with Crippen molar-refractivity contribution in [3.05, 3.63) is 42.8 Å². The largest absolute Gasteiger partial charge is 2.00 e. The summed E-state index contributed by atoms with van der Waals surface area (Å²) in [4.78, 5) is 8.36. The van der Waals surface area contributed by atoms with E-state index in [4.69, 9.17) is 9.90 Å². The van der Waals surface area contributed by atoms with Crippen LogP contribution in [-0.4, -0.2) is 34.6 Å². The van der Waals surface area contributed by atoms with E-state index in [1.54, 1.807) is 0 Å². The van der Waals surface area contributed by atoms with E-state index in [1.807, 2.05) is 30.3 Å². The molecule has 1 rings (SSSR count). The van der Waals surface area contributed by atoms with E-state index in [9.17, 15) is 0 Å². The van der Waals surface area contributed by atoms with Gasteiger partial charge in [0.05, 0.1) is 0 Å². The van der Waals surface area contributed by atoms with E-state index in [1.165, 1.54) is 0 Å². The maximum Gasteiger partial charge on any atom is 2.00 e. The second-order valence-electron chi connectivity index (χ2n) is 1.59. The third kappa shape index (κ3) is 12.5. The molecule has 0 aliphatic rings. The minimum atomic E-state index is -0.250. The first-order valence-electron chi connectivity index (χ1n) is 2.76. The summed E-state index contributed by atoms with van der Waals surface area (Å²) in [7, 11) is 0. The van der Waals surface area contributed by atoms with E-state index in [0.717, 1.165) is 5.56 Å². The maximum absolute atomic E-state index is 8.36. The number of carboxylic acid groups (broad SMARTS) is 1. The van der Waals surface area contributed by atoms with E-state index in [2.05, 4.69) is 6.92 Å². The summed E-state index contributed by atoms with van der Waals surface area (Å²) in [5.74, 6) is 0. The molecule has 1 aromatic rings. The van der Waals surface area contributed by atoms with Crippen LogP contribution in [0.15, 0.2) is 30.3 Å². The molecule has 0 amide bonds. The van der Waals surface area contributed by atoms with E-state index in [-0.39, 0.29) is 46.5 Å². The topological polar surface area (TPSA) is 37.3 Å². The molecule has 0 atom stereocenters. The molecule has 1 N–H and O–H groups in total. The van der Waals surface area contributed by atoms with Crippen LogP contribution in [0.1, 0.15) is 5.56 Å². The first kappa shape index (κ1) is 17.8. The molecule has 12 heavy (non-hydrogen) atoms. The van der Waals surface area contributed by atoms with E-state index < -0.39 is 0 Å². The number of halogens is 1. The molecule has 0 saturated carbocycles. The summed E-state index contributed by atoms with van der Waals surface area (Å²) in [6.45, 7) is 3.47. The van der Waals surface area contributed by atoms with Crippen molar-refractivity contribution in [3.8, 4) is 0 Å². The zero-order chi connectivity index (χ0) is 7.82. The van der Waals surface area contributed by atoms with Crippen LogP contribution in [0, 0.1) is 6.92 Å². The standard InChI is InChI=1S/C7H7.CH2O2.BrH.Mg/c1-7-5-3-2-4-6-7;2-1-3;;/h2-6H,1H2;1H,(H,2,3);1H;/q-1;;;+2/p-1. The third-order valence-corrected chi connectivity index (χ3v) is 0.843. The SMILES string of the molecule is O=CO.[Br-].[CH2-]c1ccccc1.[Mg+2]. The minimum absolute atomic E-state index is 0. The van der Waals surface area contributed by atoms with Gasteiger partial charge in [-0.05, 0) is 0 Å². The molecule has 0 fully saturated rings. The molecule has 62 valence electrons. The van der Waals surface area contributed by atoms with Crippen LogP contribution in [0.3, 0.4) is 0 Å². The number of hydrogen-bond donors (Lipinski definition) is 1. The monoisotopic (exact) mass is 240 g/mol. The van der Waals surface area contributed by atoms with Crippen molar-refractivity contribution in [2.45, 2.75) is 0 Å². The van der Waals surface area contributed by atoms with Crippen molar-refractivity contribution in [1.82, 2.24) is 0 Å². The van der Waals surface area contributed by atoms with Gasteiger partial charge in [0.1, 0.15) is 0 Å². The summed E-state index contributed by atoms with van der Waals surface area (Å²) in [6, 6.07) is 9.87. The number of carbonyl (C=O) groups is 1. The first-order chi connectivity index (χ1) is 4.81. The number of hydrogen-bond acceptors (Lipinski definition) is 1. The van der Waals surface area contributed by atoms with Crippen LogP contribution < -0.4 is 17.0 Å². The summed E-state index contributed by atoms with van der Waals surface area (Å²) >= 11 is 0. The van der Waals surface area contributed by atoms with Crippen molar-refractivity contribution < 1.29 is 26.9 Å². The van der Waals surface area contributed by atoms with E-state index in [0.29, 0.717) is 0 Å². The van der Waals surface area contributed by atoms with Crippen LogP contribution in [0.5, 0.6) is 0 Å². The van der Waals surface area contributed by atoms with Gasteiger partial charge in [0.25, 0.3) is 6.47 Å². The molecule has 0 radical (unpaired) electrons. The minimum Gasteiger partial charge on any atom is -1.00 e. The molecule has 0 saturated heterocycles. The van der Waals surface area contributed by atoms with Crippen molar-refractivity contribution in [2.24, 2.45) is 0 Å². The second-order valence-corrected chi connectivity index (χ2v) is 1.59. The Morgan fingerprint density at radius 1 is 1.25 bits per heavy atom. The maximum atomic E-state index is 8.36. The Kier molecular flexibility index (Phi) is 19.9. The molecule has 0 aliphatic carbocycles. The summed E-state index contributed by atoms with van der Waals surface area (Å²) < 4.78 is 0. The molecular weight excluding hydrogens is 232 g/mol. The van der Waals surface area contributed by atoms with Gasteiger partial charge in [-0.1, -0.05) is 6.07 Å². The van der Waals surface area contributed by atoms with Crippen LogP contribution in [0.2, 0.25) is 0 Å². The zero-order valence-electron chi connectivity index (χ0n) is 6.61. The van der Waals surface area contributed by atoms with Crippen LogP contribution in [0.4, 0.5) is 0 Å². The summed E-state index contributed by atoms with van der Waals surface area (Å²) in [5.41, 5.74) is 1.07. The number of rotatable bonds is 0. The summed E-state index contributed by atoms with van der Waals surface area (Å²) in [6.07, 6.45) is 0. The third-order valence-electron chi connectivity index (χ3n) is 0.843. The molecular formula is C8H9BrMgO2. The molecule has 2 nitrogen and oxygen atoms in total. The Balaban J connectivity index is -0.000000146. The molecule has 0 aliphatic heterocycles. The van der Waals surface area contributed by atoms with Gasteiger partial charge in [0, 0.05) is 0 Å². The van der Waals surface area contributed by atoms with Crippen molar-refractivity contribution >= 4 is 29.5 Å². The quantitative estimate of drug-likeness (QED) is 0.330. The Labute approximate surface area is 98.9 Å². The van der Waals surface area contributed by atoms with Crippen LogP contribution in [-0.2, 0) is 4.79 Å².